The van der Waals surface area contributed by atoms with Gasteiger partial charge < -0.3 is 20.8 Å². The first kappa shape index (κ1) is 17.1. The highest BCUT2D eigenvalue weighted by Crippen LogP contribution is 2.26. The standard InChI is InChI=1S/C12H13ClF2N2O4/c1-12(21,4-9(18)19)5-16-11(20)17-10-7(13)2-6(14)3-8(10)15/h2-3,21H,4-5H2,1H3,(H,18,19)(H2,16,17,20). The molecule has 0 aliphatic carbocycles. The molecule has 1 aromatic carbocycles. The Hall–Kier alpha value is -1.93. The molecular formula is C12H13ClF2N2O4. The molecule has 0 saturated heterocycles. The summed E-state index contributed by atoms with van der Waals surface area (Å²) in [4.78, 5) is 22.0. The minimum Gasteiger partial charge on any atom is -0.481 e. The van der Waals surface area contributed by atoms with Gasteiger partial charge in [-0.2, -0.15) is 0 Å². The summed E-state index contributed by atoms with van der Waals surface area (Å²) in [5.41, 5.74) is -2.10. The van der Waals surface area contributed by atoms with Crippen LogP contribution in [-0.4, -0.2) is 34.4 Å². The summed E-state index contributed by atoms with van der Waals surface area (Å²) in [5, 5.41) is 22.1. The normalized spacial score (nSPS) is 13.4. The van der Waals surface area contributed by atoms with Gasteiger partial charge in [-0.3, -0.25) is 4.79 Å². The Morgan fingerprint density at radius 3 is 2.52 bits per heavy atom. The van der Waals surface area contributed by atoms with Gasteiger partial charge in [-0.1, -0.05) is 11.6 Å². The molecule has 1 atom stereocenters. The lowest BCUT2D eigenvalue weighted by Gasteiger charge is -2.21. The average molecular weight is 323 g/mol. The number of carboxylic acids is 1. The number of urea groups is 1. The third-order valence-electron chi connectivity index (χ3n) is 2.41. The second-order valence-corrected chi connectivity index (χ2v) is 5.03. The largest absolute Gasteiger partial charge is 0.481 e. The number of carbonyl (C=O) groups is 2. The highest BCUT2D eigenvalue weighted by atomic mass is 35.5. The topological polar surface area (TPSA) is 98.7 Å². The van der Waals surface area contributed by atoms with Crippen molar-refractivity contribution in [3.63, 3.8) is 0 Å². The Labute approximate surface area is 123 Å². The number of aliphatic hydroxyl groups is 1. The van der Waals surface area contributed by atoms with E-state index in [4.69, 9.17) is 16.7 Å². The molecular weight excluding hydrogens is 310 g/mol. The molecule has 0 aromatic heterocycles. The summed E-state index contributed by atoms with van der Waals surface area (Å²) in [6, 6.07) is 0.441. The maximum atomic E-state index is 13.4. The zero-order valence-electron chi connectivity index (χ0n) is 10.9. The van der Waals surface area contributed by atoms with Crippen molar-refractivity contribution in [2.24, 2.45) is 0 Å². The fourth-order valence-electron chi connectivity index (χ4n) is 1.48. The minimum absolute atomic E-state index is 0.333. The van der Waals surface area contributed by atoms with Crippen molar-refractivity contribution in [3.05, 3.63) is 28.8 Å². The van der Waals surface area contributed by atoms with Gasteiger partial charge in [0.05, 0.1) is 22.7 Å². The summed E-state index contributed by atoms with van der Waals surface area (Å²) < 4.78 is 26.3. The molecule has 0 fully saturated rings. The van der Waals surface area contributed by atoms with Gasteiger partial charge in [-0.15, -0.1) is 0 Å². The van der Waals surface area contributed by atoms with Gasteiger partial charge in [0.15, 0.2) is 5.82 Å². The monoisotopic (exact) mass is 322 g/mol. The number of halogens is 3. The van der Waals surface area contributed by atoms with Crippen LogP contribution in [-0.2, 0) is 4.79 Å². The van der Waals surface area contributed by atoms with E-state index >= 15 is 0 Å². The summed E-state index contributed by atoms with van der Waals surface area (Å²) >= 11 is 5.59. The van der Waals surface area contributed by atoms with Crippen molar-refractivity contribution in [1.82, 2.24) is 5.32 Å². The minimum atomic E-state index is -1.67. The molecule has 0 heterocycles. The fourth-order valence-corrected chi connectivity index (χ4v) is 1.72. The highest BCUT2D eigenvalue weighted by Gasteiger charge is 2.25. The van der Waals surface area contributed by atoms with Gasteiger partial charge in [0, 0.05) is 12.6 Å². The molecule has 9 heteroatoms. The van der Waals surface area contributed by atoms with Crippen LogP contribution in [0, 0.1) is 11.6 Å². The molecule has 0 saturated carbocycles. The molecule has 0 aliphatic heterocycles. The summed E-state index contributed by atoms with van der Waals surface area (Å²) in [7, 11) is 0. The number of amides is 2. The Bertz CT molecular complexity index is 543. The number of anilines is 1. The molecule has 116 valence electrons. The first-order valence-corrected chi connectivity index (χ1v) is 6.12. The smallest absolute Gasteiger partial charge is 0.319 e. The van der Waals surface area contributed by atoms with Crippen LogP contribution in [0.4, 0.5) is 19.3 Å². The van der Waals surface area contributed by atoms with E-state index in [-0.39, 0.29) is 11.6 Å². The number of aliphatic carboxylic acids is 1. The summed E-state index contributed by atoms with van der Waals surface area (Å²) in [5.74, 6) is -3.20. The Kier molecular flexibility index (Phi) is 5.45. The molecule has 4 N–H and O–H groups in total. The van der Waals surface area contributed by atoms with Crippen LogP contribution in [0.15, 0.2) is 12.1 Å². The van der Waals surface area contributed by atoms with Gasteiger partial charge in [0.25, 0.3) is 0 Å². The van der Waals surface area contributed by atoms with Crippen molar-refractivity contribution < 1.29 is 28.6 Å². The number of hydrogen-bond acceptors (Lipinski definition) is 3. The highest BCUT2D eigenvalue weighted by molar-refractivity contribution is 6.33. The molecule has 21 heavy (non-hydrogen) atoms. The van der Waals surface area contributed by atoms with Crippen molar-refractivity contribution in [3.8, 4) is 0 Å². The van der Waals surface area contributed by atoms with Gasteiger partial charge in [-0.05, 0) is 13.0 Å². The molecule has 0 radical (unpaired) electrons. The molecule has 6 nitrogen and oxygen atoms in total. The zero-order chi connectivity index (χ0) is 16.2. The van der Waals surface area contributed by atoms with Crippen molar-refractivity contribution in [2.45, 2.75) is 18.9 Å². The summed E-state index contributed by atoms with van der Waals surface area (Å²) in [6.45, 7) is 0.832. The number of rotatable bonds is 5. The fraction of sp³-hybridized carbons (Fsp3) is 0.333. The van der Waals surface area contributed by atoms with E-state index in [9.17, 15) is 23.5 Å². The molecule has 2 amide bonds. The van der Waals surface area contributed by atoms with E-state index in [2.05, 4.69) is 5.32 Å². The number of hydrogen-bond donors (Lipinski definition) is 4. The predicted octanol–water partition coefficient (Wildman–Crippen LogP) is 1.97. The number of benzene rings is 1. The number of carboxylic acid groups (broad SMARTS) is 1. The van der Waals surface area contributed by atoms with E-state index in [1.807, 2.05) is 5.32 Å². The lowest BCUT2D eigenvalue weighted by Crippen LogP contribution is -2.43. The lowest BCUT2D eigenvalue weighted by atomic mass is 10.0. The van der Waals surface area contributed by atoms with Gasteiger partial charge in [-0.25, -0.2) is 13.6 Å². The van der Waals surface area contributed by atoms with Crippen LogP contribution >= 0.6 is 11.6 Å². The van der Waals surface area contributed by atoms with E-state index in [0.717, 1.165) is 6.07 Å². The quantitative estimate of drug-likeness (QED) is 0.666. The van der Waals surface area contributed by atoms with Gasteiger partial charge >= 0.3 is 12.0 Å². The SMILES string of the molecule is CC(O)(CNC(=O)Nc1c(F)cc(F)cc1Cl)CC(=O)O. The van der Waals surface area contributed by atoms with Gasteiger partial charge in [0.2, 0.25) is 0 Å². The molecule has 1 unspecified atom stereocenters. The maximum absolute atomic E-state index is 13.4. The van der Waals surface area contributed by atoms with E-state index in [1.165, 1.54) is 6.92 Å². The van der Waals surface area contributed by atoms with Crippen molar-refractivity contribution >= 4 is 29.3 Å². The Morgan fingerprint density at radius 1 is 1.38 bits per heavy atom. The molecule has 0 spiro atoms. The molecule has 0 bridgehead atoms. The Morgan fingerprint density at radius 2 is 2.00 bits per heavy atom. The van der Waals surface area contributed by atoms with Crippen LogP contribution in [0.5, 0.6) is 0 Å². The molecule has 1 rings (SSSR count). The second kappa shape index (κ2) is 6.68. The lowest BCUT2D eigenvalue weighted by molar-refractivity contribution is -0.141. The van der Waals surface area contributed by atoms with Crippen LogP contribution in [0.2, 0.25) is 5.02 Å². The van der Waals surface area contributed by atoms with Crippen LogP contribution in [0.1, 0.15) is 13.3 Å². The van der Waals surface area contributed by atoms with Crippen molar-refractivity contribution in [1.29, 1.82) is 0 Å². The van der Waals surface area contributed by atoms with E-state index < -0.39 is 41.3 Å². The third kappa shape index (κ3) is 5.52. The Balaban J connectivity index is 2.65. The van der Waals surface area contributed by atoms with Crippen LogP contribution in [0.3, 0.4) is 0 Å². The predicted molar refractivity (Wildman–Crippen MR) is 71.3 cm³/mol. The van der Waals surface area contributed by atoms with Crippen molar-refractivity contribution in [2.75, 3.05) is 11.9 Å². The van der Waals surface area contributed by atoms with E-state index in [1.54, 1.807) is 0 Å². The van der Waals surface area contributed by atoms with Crippen LogP contribution < -0.4 is 10.6 Å². The maximum Gasteiger partial charge on any atom is 0.319 e. The zero-order valence-corrected chi connectivity index (χ0v) is 11.7. The van der Waals surface area contributed by atoms with E-state index in [0.29, 0.717) is 6.07 Å². The van der Waals surface area contributed by atoms with Gasteiger partial charge in [0.1, 0.15) is 5.82 Å². The third-order valence-corrected chi connectivity index (χ3v) is 2.71. The number of nitrogens with one attached hydrogen (secondary N) is 2. The molecule has 0 aliphatic rings. The van der Waals surface area contributed by atoms with Crippen LogP contribution in [0.25, 0.3) is 0 Å². The molecule has 1 aromatic rings. The first-order chi connectivity index (χ1) is 9.60. The second-order valence-electron chi connectivity index (χ2n) is 4.62. The average Bonchev–Trinajstić information content (AvgIpc) is 2.29. The number of carbonyl (C=O) groups excluding carboxylic acids is 1. The summed E-state index contributed by atoms with van der Waals surface area (Å²) in [6.07, 6.45) is -0.584. The first-order valence-electron chi connectivity index (χ1n) is 5.74.